The molecule has 0 unspecified atom stereocenters. The fourth-order valence-electron chi connectivity index (χ4n) is 2.12. The molecule has 1 fully saturated rings. The predicted molar refractivity (Wildman–Crippen MR) is 56.1 cm³/mol. The Kier molecular flexibility index (Phi) is 3.93. The highest BCUT2D eigenvalue weighted by atomic mass is 16.4. The van der Waals surface area contributed by atoms with Gasteiger partial charge in [-0.05, 0) is 12.8 Å². The Hall–Kier alpha value is -0.570. The quantitative estimate of drug-likeness (QED) is 0.663. The van der Waals surface area contributed by atoms with Crippen LogP contribution in [-0.4, -0.2) is 42.7 Å². The maximum Gasteiger partial charge on any atom is 0.303 e. The van der Waals surface area contributed by atoms with E-state index in [1.54, 1.807) is 0 Å². The molecule has 3 heteroatoms. The maximum atomic E-state index is 10.4. The lowest BCUT2D eigenvalue weighted by Gasteiger charge is -2.36. The van der Waals surface area contributed by atoms with E-state index in [-0.39, 0.29) is 0 Å². The first-order chi connectivity index (χ1) is 6.49. The molecule has 0 atom stereocenters. The fraction of sp³-hybridized carbons (Fsp3) is 0.909. The van der Waals surface area contributed by atoms with Crippen LogP contribution in [0, 0.1) is 5.92 Å². The minimum atomic E-state index is -0.673. The number of aliphatic carboxylic acids is 1. The molecule has 3 nitrogen and oxygen atoms in total. The summed E-state index contributed by atoms with van der Waals surface area (Å²) in [6, 6.07) is 0. The molecule has 0 aromatic heterocycles. The molecule has 1 aliphatic rings. The molecule has 1 N–H and O–H groups in total. The number of nitrogens with zero attached hydrogens (tertiary/aromatic N) is 1. The van der Waals surface area contributed by atoms with Crippen molar-refractivity contribution in [2.75, 3.05) is 27.2 Å². The second kappa shape index (κ2) is 4.78. The van der Waals surface area contributed by atoms with Gasteiger partial charge in [0, 0.05) is 12.3 Å². The molecule has 82 valence electrons. The molecule has 0 radical (unpaired) electrons. The molecule has 0 amide bonds. The van der Waals surface area contributed by atoms with Gasteiger partial charge in [0.2, 0.25) is 0 Å². The third-order valence-electron chi connectivity index (χ3n) is 3.13. The Morgan fingerprint density at radius 1 is 1.43 bits per heavy atom. The topological polar surface area (TPSA) is 37.3 Å². The summed E-state index contributed by atoms with van der Waals surface area (Å²) in [5.74, 6) is 0.225. The van der Waals surface area contributed by atoms with Gasteiger partial charge in [0.1, 0.15) is 0 Å². The van der Waals surface area contributed by atoms with Crippen LogP contribution in [-0.2, 0) is 4.79 Å². The van der Waals surface area contributed by atoms with Gasteiger partial charge in [-0.3, -0.25) is 4.79 Å². The zero-order valence-corrected chi connectivity index (χ0v) is 9.33. The SMILES string of the molecule is C[N+](C)(CCCC(=O)O)CC1CCC1. The first kappa shape index (κ1) is 11.5. The van der Waals surface area contributed by atoms with Crippen molar-refractivity contribution in [1.82, 2.24) is 0 Å². The summed E-state index contributed by atoms with van der Waals surface area (Å²) in [6.07, 6.45) is 5.25. The van der Waals surface area contributed by atoms with E-state index in [0.717, 1.165) is 23.4 Å². The van der Waals surface area contributed by atoms with Gasteiger partial charge >= 0.3 is 5.97 Å². The number of hydrogen-bond donors (Lipinski definition) is 1. The zero-order valence-electron chi connectivity index (χ0n) is 9.33. The molecule has 0 aromatic rings. The Morgan fingerprint density at radius 3 is 2.50 bits per heavy atom. The Bertz CT molecular complexity index is 197. The lowest BCUT2D eigenvalue weighted by molar-refractivity contribution is -0.894. The van der Waals surface area contributed by atoms with Crippen molar-refractivity contribution in [3.8, 4) is 0 Å². The standard InChI is InChI=1S/C11H21NO2/c1-12(2,8-4-7-11(13)14)9-10-5-3-6-10/h10H,3-9H2,1-2H3/p+1. The summed E-state index contributed by atoms with van der Waals surface area (Å²) in [4.78, 5) is 10.4. The minimum Gasteiger partial charge on any atom is -0.481 e. The Labute approximate surface area is 86.3 Å². The van der Waals surface area contributed by atoms with Crippen LogP contribution >= 0.6 is 0 Å². The zero-order chi connectivity index (χ0) is 10.6. The highest BCUT2D eigenvalue weighted by Gasteiger charge is 2.26. The van der Waals surface area contributed by atoms with Crippen LogP contribution in [0.5, 0.6) is 0 Å². The molecular formula is C11H22NO2+. The van der Waals surface area contributed by atoms with Gasteiger partial charge in [-0.2, -0.15) is 0 Å². The van der Waals surface area contributed by atoms with E-state index in [1.807, 2.05) is 0 Å². The van der Waals surface area contributed by atoms with Gasteiger partial charge in [0.15, 0.2) is 0 Å². The monoisotopic (exact) mass is 200 g/mol. The lowest BCUT2D eigenvalue weighted by atomic mass is 9.84. The van der Waals surface area contributed by atoms with E-state index in [0.29, 0.717) is 6.42 Å². The van der Waals surface area contributed by atoms with Gasteiger partial charge < -0.3 is 9.59 Å². The number of hydrogen-bond acceptors (Lipinski definition) is 1. The molecule has 0 aliphatic heterocycles. The van der Waals surface area contributed by atoms with Gasteiger partial charge in [-0.25, -0.2) is 0 Å². The number of carbonyl (C=O) groups is 1. The van der Waals surface area contributed by atoms with Gasteiger partial charge in [0.25, 0.3) is 0 Å². The van der Waals surface area contributed by atoms with Crippen molar-refractivity contribution < 1.29 is 14.4 Å². The average Bonchev–Trinajstić information content (AvgIpc) is 1.96. The first-order valence-electron chi connectivity index (χ1n) is 5.53. The van der Waals surface area contributed by atoms with Crippen molar-refractivity contribution >= 4 is 5.97 Å². The third-order valence-corrected chi connectivity index (χ3v) is 3.13. The van der Waals surface area contributed by atoms with Crippen LogP contribution in [0.2, 0.25) is 0 Å². The average molecular weight is 200 g/mol. The van der Waals surface area contributed by atoms with Crippen LogP contribution in [0.4, 0.5) is 0 Å². The van der Waals surface area contributed by atoms with E-state index >= 15 is 0 Å². The van der Waals surface area contributed by atoms with Gasteiger partial charge in [-0.15, -0.1) is 0 Å². The highest BCUT2D eigenvalue weighted by molar-refractivity contribution is 5.66. The fourth-order valence-corrected chi connectivity index (χ4v) is 2.12. The largest absolute Gasteiger partial charge is 0.481 e. The summed E-state index contributed by atoms with van der Waals surface area (Å²) < 4.78 is 0.984. The van der Waals surface area contributed by atoms with Crippen molar-refractivity contribution in [2.45, 2.75) is 32.1 Å². The van der Waals surface area contributed by atoms with E-state index in [2.05, 4.69) is 14.1 Å². The van der Waals surface area contributed by atoms with Crippen LogP contribution in [0.25, 0.3) is 0 Å². The summed E-state index contributed by atoms with van der Waals surface area (Å²) in [5.41, 5.74) is 0. The van der Waals surface area contributed by atoms with Crippen molar-refractivity contribution in [1.29, 1.82) is 0 Å². The van der Waals surface area contributed by atoms with E-state index in [1.165, 1.54) is 25.8 Å². The third kappa shape index (κ3) is 4.09. The van der Waals surface area contributed by atoms with E-state index in [9.17, 15) is 4.79 Å². The summed E-state index contributed by atoms with van der Waals surface area (Å²) in [7, 11) is 4.42. The molecule has 0 heterocycles. The van der Waals surface area contributed by atoms with Crippen LogP contribution in [0.3, 0.4) is 0 Å². The molecule has 0 aromatic carbocycles. The van der Waals surface area contributed by atoms with Crippen LogP contribution < -0.4 is 0 Å². The summed E-state index contributed by atoms with van der Waals surface area (Å²) >= 11 is 0. The van der Waals surface area contributed by atoms with E-state index in [4.69, 9.17) is 5.11 Å². The molecule has 1 rings (SSSR count). The Morgan fingerprint density at radius 2 is 2.07 bits per heavy atom. The smallest absolute Gasteiger partial charge is 0.303 e. The predicted octanol–water partition coefficient (Wildman–Crippen LogP) is 1.73. The van der Waals surface area contributed by atoms with Crippen LogP contribution in [0.1, 0.15) is 32.1 Å². The maximum absolute atomic E-state index is 10.4. The van der Waals surface area contributed by atoms with Crippen LogP contribution in [0.15, 0.2) is 0 Å². The van der Waals surface area contributed by atoms with Gasteiger partial charge in [-0.1, -0.05) is 6.42 Å². The molecule has 1 saturated carbocycles. The summed E-state index contributed by atoms with van der Waals surface area (Å²) in [6.45, 7) is 2.21. The van der Waals surface area contributed by atoms with Crippen molar-refractivity contribution in [2.24, 2.45) is 5.92 Å². The molecule has 0 saturated heterocycles. The normalized spacial score (nSPS) is 17.9. The summed E-state index contributed by atoms with van der Waals surface area (Å²) in [5, 5.41) is 8.54. The lowest BCUT2D eigenvalue weighted by Crippen LogP contribution is -2.45. The highest BCUT2D eigenvalue weighted by Crippen LogP contribution is 2.28. The number of carboxylic acids is 1. The first-order valence-corrected chi connectivity index (χ1v) is 5.53. The molecule has 14 heavy (non-hydrogen) atoms. The molecular weight excluding hydrogens is 178 g/mol. The van der Waals surface area contributed by atoms with Crippen molar-refractivity contribution in [3.63, 3.8) is 0 Å². The van der Waals surface area contributed by atoms with Gasteiger partial charge in [0.05, 0.1) is 33.6 Å². The molecule has 0 bridgehead atoms. The Balaban J connectivity index is 2.15. The number of quaternary nitrogens is 1. The second-order valence-electron chi connectivity index (χ2n) is 5.14. The number of rotatable bonds is 6. The second-order valence-corrected chi connectivity index (χ2v) is 5.14. The number of carboxylic acid groups (broad SMARTS) is 1. The van der Waals surface area contributed by atoms with Crippen molar-refractivity contribution in [3.05, 3.63) is 0 Å². The molecule has 1 aliphatic carbocycles. The minimum absolute atomic E-state index is 0.312. The molecule has 0 spiro atoms. The van der Waals surface area contributed by atoms with E-state index < -0.39 is 5.97 Å².